The van der Waals surface area contributed by atoms with E-state index in [4.69, 9.17) is 29.0 Å². The summed E-state index contributed by atoms with van der Waals surface area (Å²) in [7, 11) is 0. The first-order valence-corrected chi connectivity index (χ1v) is 7.73. The summed E-state index contributed by atoms with van der Waals surface area (Å²) in [6.07, 6.45) is 0. The Balaban J connectivity index is 2.56. The number of hydrogen-bond donors (Lipinski definition) is 2. The SMILES string of the molecule is NNC(c1cc(Br)ccc1Br)c1cccc(Cl)c1Cl. The molecule has 0 aromatic heterocycles. The fourth-order valence-electron chi connectivity index (χ4n) is 1.83. The second-order valence-corrected chi connectivity index (χ2v) is 6.46. The normalized spacial score (nSPS) is 12.5. The van der Waals surface area contributed by atoms with Gasteiger partial charge in [-0.2, -0.15) is 0 Å². The zero-order valence-corrected chi connectivity index (χ0v) is 14.3. The summed E-state index contributed by atoms with van der Waals surface area (Å²) in [6, 6.07) is 11.1. The highest BCUT2D eigenvalue weighted by atomic mass is 79.9. The van der Waals surface area contributed by atoms with Gasteiger partial charge in [0.2, 0.25) is 0 Å². The van der Waals surface area contributed by atoms with Crippen molar-refractivity contribution in [3.05, 3.63) is 66.5 Å². The van der Waals surface area contributed by atoms with Gasteiger partial charge in [-0.25, -0.2) is 5.43 Å². The molecular weight excluding hydrogens is 415 g/mol. The first kappa shape index (κ1) is 15.3. The molecule has 1 atom stereocenters. The van der Waals surface area contributed by atoms with E-state index in [0.29, 0.717) is 10.0 Å². The summed E-state index contributed by atoms with van der Waals surface area (Å²) >= 11 is 19.3. The minimum absolute atomic E-state index is 0.252. The number of hydrazine groups is 1. The predicted octanol–water partition coefficient (Wildman–Crippen LogP) is 5.07. The molecule has 0 amide bonds. The quantitative estimate of drug-likeness (QED) is 0.533. The number of hydrogen-bond acceptors (Lipinski definition) is 2. The highest BCUT2D eigenvalue weighted by Gasteiger charge is 2.19. The van der Waals surface area contributed by atoms with Gasteiger partial charge in [-0.3, -0.25) is 5.84 Å². The zero-order chi connectivity index (χ0) is 14.0. The van der Waals surface area contributed by atoms with Gasteiger partial charge >= 0.3 is 0 Å². The molecule has 0 radical (unpaired) electrons. The molecule has 2 nitrogen and oxygen atoms in total. The third-order valence-electron chi connectivity index (χ3n) is 2.73. The van der Waals surface area contributed by atoms with E-state index in [1.807, 2.05) is 30.3 Å². The van der Waals surface area contributed by atoms with Crippen LogP contribution >= 0.6 is 55.1 Å². The van der Waals surface area contributed by atoms with Crippen LogP contribution in [0.1, 0.15) is 17.2 Å². The number of nitrogens with one attached hydrogen (secondary N) is 1. The van der Waals surface area contributed by atoms with Crippen molar-refractivity contribution in [1.82, 2.24) is 5.43 Å². The standard InChI is InChI=1S/C13H10Br2Cl2N2/c14-7-4-5-10(15)9(6-7)13(19-18)8-2-1-3-11(16)12(8)17/h1-6,13,19H,18H2. The minimum atomic E-state index is -0.252. The summed E-state index contributed by atoms with van der Waals surface area (Å²) < 4.78 is 1.90. The molecule has 0 bridgehead atoms. The Morgan fingerprint density at radius 3 is 2.47 bits per heavy atom. The van der Waals surface area contributed by atoms with Crippen LogP contribution in [0.3, 0.4) is 0 Å². The van der Waals surface area contributed by atoms with Gasteiger partial charge in [-0.05, 0) is 35.4 Å². The molecule has 100 valence electrons. The van der Waals surface area contributed by atoms with Gasteiger partial charge in [-0.1, -0.05) is 67.2 Å². The van der Waals surface area contributed by atoms with Crippen LogP contribution in [0.2, 0.25) is 10.0 Å². The summed E-state index contributed by atoms with van der Waals surface area (Å²) in [5, 5.41) is 1.00. The molecule has 0 saturated carbocycles. The lowest BCUT2D eigenvalue weighted by atomic mass is 9.99. The van der Waals surface area contributed by atoms with Crippen molar-refractivity contribution in [1.29, 1.82) is 0 Å². The smallest absolute Gasteiger partial charge is 0.0736 e. The Morgan fingerprint density at radius 1 is 1.05 bits per heavy atom. The third-order valence-corrected chi connectivity index (χ3v) is 4.78. The predicted molar refractivity (Wildman–Crippen MR) is 87.5 cm³/mol. The molecular formula is C13H10Br2Cl2N2. The first-order chi connectivity index (χ1) is 9.04. The molecule has 2 rings (SSSR count). The van der Waals surface area contributed by atoms with Crippen molar-refractivity contribution >= 4 is 55.1 Å². The Morgan fingerprint density at radius 2 is 1.79 bits per heavy atom. The molecule has 0 fully saturated rings. The third kappa shape index (κ3) is 3.32. The van der Waals surface area contributed by atoms with Crippen molar-refractivity contribution in [2.24, 2.45) is 5.84 Å². The average Bonchev–Trinajstić information content (AvgIpc) is 2.39. The lowest BCUT2D eigenvalue weighted by Gasteiger charge is -2.20. The molecule has 3 N–H and O–H groups in total. The zero-order valence-electron chi connectivity index (χ0n) is 9.63. The highest BCUT2D eigenvalue weighted by Crippen LogP contribution is 2.36. The average molecular weight is 425 g/mol. The highest BCUT2D eigenvalue weighted by molar-refractivity contribution is 9.11. The molecule has 0 aliphatic carbocycles. The van der Waals surface area contributed by atoms with Crippen LogP contribution in [-0.2, 0) is 0 Å². The van der Waals surface area contributed by atoms with Crippen LogP contribution in [0, 0.1) is 0 Å². The fraction of sp³-hybridized carbons (Fsp3) is 0.0769. The molecule has 0 aliphatic heterocycles. The van der Waals surface area contributed by atoms with Crippen LogP contribution in [0.15, 0.2) is 45.3 Å². The van der Waals surface area contributed by atoms with Crippen LogP contribution in [0.4, 0.5) is 0 Å². The molecule has 0 saturated heterocycles. The summed E-state index contributed by atoms with van der Waals surface area (Å²) in [4.78, 5) is 0. The number of halogens is 4. The van der Waals surface area contributed by atoms with Gasteiger partial charge < -0.3 is 0 Å². The molecule has 0 spiro atoms. The molecule has 2 aromatic carbocycles. The topological polar surface area (TPSA) is 38.0 Å². The summed E-state index contributed by atoms with van der Waals surface area (Å²) in [5.74, 6) is 5.69. The monoisotopic (exact) mass is 422 g/mol. The van der Waals surface area contributed by atoms with Crippen molar-refractivity contribution in [3.63, 3.8) is 0 Å². The minimum Gasteiger partial charge on any atom is -0.271 e. The van der Waals surface area contributed by atoms with E-state index in [-0.39, 0.29) is 6.04 Å². The van der Waals surface area contributed by atoms with Crippen molar-refractivity contribution in [2.45, 2.75) is 6.04 Å². The second kappa shape index (κ2) is 6.57. The lowest BCUT2D eigenvalue weighted by molar-refractivity contribution is 0.634. The van der Waals surface area contributed by atoms with E-state index in [2.05, 4.69) is 37.3 Å². The maximum atomic E-state index is 6.25. The van der Waals surface area contributed by atoms with E-state index >= 15 is 0 Å². The van der Waals surface area contributed by atoms with Gasteiger partial charge in [0.15, 0.2) is 0 Å². The van der Waals surface area contributed by atoms with Gasteiger partial charge in [0, 0.05) is 8.95 Å². The Labute approximate surface area is 138 Å². The molecule has 2 aromatic rings. The molecule has 6 heteroatoms. The molecule has 19 heavy (non-hydrogen) atoms. The van der Waals surface area contributed by atoms with Gasteiger partial charge in [0.25, 0.3) is 0 Å². The first-order valence-electron chi connectivity index (χ1n) is 5.39. The van der Waals surface area contributed by atoms with E-state index in [1.54, 1.807) is 6.07 Å². The maximum absolute atomic E-state index is 6.25. The summed E-state index contributed by atoms with van der Waals surface area (Å²) in [6.45, 7) is 0. The van der Waals surface area contributed by atoms with Crippen LogP contribution < -0.4 is 11.3 Å². The van der Waals surface area contributed by atoms with Crippen LogP contribution in [0.5, 0.6) is 0 Å². The van der Waals surface area contributed by atoms with Gasteiger partial charge in [0.05, 0.1) is 16.1 Å². The van der Waals surface area contributed by atoms with Crippen molar-refractivity contribution in [3.8, 4) is 0 Å². The number of rotatable bonds is 3. The van der Waals surface area contributed by atoms with Gasteiger partial charge in [0.1, 0.15) is 0 Å². The Bertz CT molecular complexity index is 603. The van der Waals surface area contributed by atoms with E-state index < -0.39 is 0 Å². The lowest BCUT2D eigenvalue weighted by Crippen LogP contribution is -2.29. The largest absolute Gasteiger partial charge is 0.271 e. The van der Waals surface area contributed by atoms with E-state index in [0.717, 1.165) is 20.1 Å². The molecule has 0 aliphatic rings. The molecule has 1 unspecified atom stereocenters. The molecule has 0 heterocycles. The van der Waals surface area contributed by atoms with Crippen LogP contribution in [-0.4, -0.2) is 0 Å². The van der Waals surface area contributed by atoms with Crippen molar-refractivity contribution in [2.75, 3.05) is 0 Å². The maximum Gasteiger partial charge on any atom is 0.0736 e. The Kier molecular flexibility index (Phi) is 5.29. The fourth-order valence-corrected chi connectivity index (χ4v) is 3.10. The Hall–Kier alpha value is -0.100. The van der Waals surface area contributed by atoms with E-state index in [1.165, 1.54) is 0 Å². The van der Waals surface area contributed by atoms with Gasteiger partial charge in [-0.15, -0.1) is 0 Å². The number of nitrogens with two attached hydrogens (primary N) is 1. The van der Waals surface area contributed by atoms with Crippen molar-refractivity contribution < 1.29 is 0 Å². The number of benzene rings is 2. The second-order valence-electron chi connectivity index (χ2n) is 3.91. The van der Waals surface area contributed by atoms with Crippen LogP contribution in [0.25, 0.3) is 0 Å². The van der Waals surface area contributed by atoms with E-state index in [9.17, 15) is 0 Å². The summed E-state index contributed by atoms with van der Waals surface area (Å²) in [5.41, 5.74) is 4.58.